The molecule has 1 fully saturated rings. The van der Waals surface area contributed by atoms with Crippen molar-refractivity contribution >= 4 is 11.6 Å². The van der Waals surface area contributed by atoms with E-state index in [4.69, 9.17) is 16.3 Å². The topological polar surface area (TPSA) is 12.5 Å². The van der Waals surface area contributed by atoms with Crippen LogP contribution < -0.4 is 0 Å². The quantitative estimate of drug-likeness (QED) is 0.336. The molecule has 0 radical (unpaired) electrons. The minimum Gasteiger partial charge on any atom is -0.350 e. The Kier molecular flexibility index (Phi) is 0.663. The summed E-state index contributed by atoms with van der Waals surface area (Å²) in [6.45, 7) is 3.93. The smallest absolute Gasteiger partial charge is 0.160 e. The number of ether oxygens (including phenoxy) is 1. The Balaban J connectivity index is 2.41. The van der Waals surface area contributed by atoms with Gasteiger partial charge in [0.15, 0.2) is 5.56 Å². The Morgan fingerprint density at radius 1 is 1.67 bits per heavy atom. The third kappa shape index (κ3) is 0.525. The van der Waals surface area contributed by atoms with Crippen molar-refractivity contribution in [3.8, 4) is 0 Å². The van der Waals surface area contributed by atoms with Crippen molar-refractivity contribution in [1.82, 2.24) is 0 Å². The van der Waals surface area contributed by atoms with Crippen molar-refractivity contribution in [2.75, 3.05) is 0 Å². The van der Waals surface area contributed by atoms with Gasteiger partial charge in [-0.3, -0.25) is 0 Å². The summed E-state index contributed by atoms with van der Waals surface area (Å²) < 4.78 is 4.87. The van der Waals surface area contributed by atoms with Crippen LogP contribution in [0.2, 0.25) is 0 Å². The van der Waals surface area contributed by atoms with E-state index in [-0.39, 0.29) is 11.2 Å². The summed E-state index contributed by atoms with van der Waals surface area (Å²) >= 11 is 5.46. The molecule has 0 amide bonds. The lowest BCUT2D eigenvalue weighted by Gasteiger charge is -1.83. The Bertz CT molecular complexity index is 69.9. The molecule has 0 aromatic rings. The molecule has 6 heavy (non-hydrogen) atoms. The van der Waals surface area contributed by atoms with Gasteiger partial charge in [0.2, 0.25) is 0 Å². The summed E-state index contributed by atoms with van der Waals surface area (Å²) in [7, 11) is 0. The average Bonchev–Trinajstić information content (AvgIpc) is 1.73. The first-order valence-corrected chi connectivity index (χ1v) is 2.38. The molecule has 36 valence electrons. The molecule has 0 aliphatic carbocycles. The van der Waals surface area contributed by atoms with Crippen LogP contribution in [-0.2, 0) is 4.74 Å². The van der Waals surface area contributed by atoms with Gasteiger partial charge in [-0.1, -0.05) is 11.6 Å². The Hall–Kier alpha value is 0.250. The van der Waals surface area contributed by atoms with Crippen LogP contribution in [0.1, 0.15) is 13.8 Å². The highest BCUT2D eigenvalue weighted by atomic mass is 35.5. The van der Waals surface area contributed by atoms with Crippen LogP contribution >= 0.6 is 11.6 Å². The fourth-order valence-corrected chi connectivity index (χ4v) is 0.462. The molecular weight excluding hydrogens is 99.5 g/mol. The molecule has 1 atom stereocenters. The summed E-state index contributed by atoms with van der Waals surface area (Å²) in [5.41, 5.74) is -0.0563. The molecule has 1 aliphatic heterocycles. The largest absolute Gasteiger partial charge is 0.350 e. The molecule has 0 N–H and O–H groups in total. The monoisotopic (exact) mass is 106 g/mol. The Morgan fingerprint density at radius 2 is 1.83 bits per heavy atom. The SMILES string of the molecule is CC1(C)OC1Cl. The summed E-state index contributed by atoms with van der Waals surface area (Å²) in [5, 5.41) is 0. The van der Waals surface area contributed by atoms with Crippen molar-refractivity contribution in [3.63, 3.8) is 0 Å². The van der Waals surface area contributed by atoms with Gasteiger partial charge in [-0.25, -0.2) is 0 Å². The van der Waals surface area contributed by atoms with Crippen molar-refractivity contribution < 1.29 is 4.74 Å². The Morgan fingerprint density at radius 3 is 1.83 bits per heavy atom. The minimum atomic E-state index is -0.0301. The maximum Gasteiger partial charge on any atom is 0.160 e. The molecule has 2 heteroatoms. The highest BCUT2D eigenvalue weighted by molar-refractivity contribution is 6.21. The molecule has 1 nitrogen and oxygen atoms in total. The van der Waals surface area contributed by atoms with Crippen molar-refractivity contribution in [2.24, 2.45) is 0 Å². The molecule has 1 unspecified atom stereocenters. The number of rotatable bonds is 0. The lowest BCUT2D eigenvalue weighted by Crippen LogP contribution is -1.95. The molecule has 0 bridgehead atoms. The van der Waals surface area contributed by atoms with Crippen LogP contribution in [0.4, 0.5) is 0 Å². The van der Waals surface area contributed by atoms with E-state index in [0.29, 0.717) is 0 Å². The van der Waals surface area contributed by atoms with E-state index < -0.39 is 0 Å². The van der Waals surface area contributed by atoms with E-state index in [1.54, 1.807) is 0 Å². The van der Waals surface area contributed by atoms with Gasteiger partial charge in [-0.2, -0.15) is 0 Å². The zero-order valence-corrected chi connectivity index (χ0v) is 4.62. The zero-order valence-electron chi connectivity index (χ0n) is 3.86. The molecule has 0 aromatic carbocycles. The fraction of sp³-hybridized carbons (Fsp3) is 1.00. The molecule has 0 aromatic heterocycles. The molecule has 1 saturated heterocycles. The van der Waals surface area contributed by atoms with E-state index in [2.05, 4.69) is 0 Å². The number of hydrogen-bond acceptors (Lipinski definition) is 1. The fourth-order valence-electron chi connectivity index (χ4n) is 0.233. The second-order valence-corrected chi connectivity index (χ2v) is 2.43. The van der Waals surface area contributed by atoms with Gasteiger partial charge in [0.1, 0.15) is 5.60 Å². The van der Waals surface area contributed by atoms with Crippen LogP contribution in [-0.4, -0.2) is 11.2 Å². The summed E-state index contributed by atoms with van der Waals surface area (Å²) in [4.78, 5) is 0. The van der Waals surface area contributed by atoms with E-state index in [1.165, 1.54) is 0 Å². The second-order valence-electron chi connectivity index (χ2n) is 2.04. The van der Waals surface area contributed by atoms with Crippen LogP contribution in [0.3, 0.4) is 0 Å². The molecule has 1 rings (SSSR count). The minimum absolute atomic E-state index is 0.0262. The van der Waals surface area contributed by atoms with Gasteiger partial charge < -0.3 is 4.74 Å². The van der Waals surface area contributed by atoms with Crippen molar-refractivity contribution in [3.05, 3.63) is 0 Å². The molecule has 0 saturated carbocycles. The molecule has 1 heterocycles. The van der Waals surface area contributed by atoms with Gasteiger partial charge in [-0.05, 0) is 13.8 Å². The number of hydrogen-bond donors (Lipinski definition) is 0. The summed E-state index contributed by atoms with van der Waals surface area (Å²) in [6.07, 6.45) is 0. The lowest BCUT2D eigenvalue weighted by molar-refractivity contribution is 0.338. The van der Waals surface area contributed by atoms with Crippen LogP contribution in [0.25, 0.3) is 0 Å². The first-order valence-electron chi connectivity index (χ1n) is 1.95. The highest BCUT2D eigenvalue weighted by Crippen LogP contribution is 2.37. The Labute approximate surface area is 42.2 Å². The average molecular weight is 107 g/mol. The van der Waals surface area contributed by atoms with Crippen LogP contribution in [0.15, 0.2) is 0 Å². The van der Waals surface area contributed by atoms with E-state index >= 15 is 0 Å². The molecule has 0 spiro atoms. The summed E-state index contributed by atoms with van der Waals surface area (Å²) in [5.74, 6) is 0. The first kappa shape index (κ1) is 4.41. The van der Waals surface area contributed by atoms with Crippen LogP contribution in [0, 0.1) is 0 Å². The van der Waals surface area contributed by atoms with Gasteiger partial charge in [0.05, 0.1) is 0 Å². The number of alkyl halides is 1. The molecule has 1 aliphatic rings. The third-order valence-corrected chi connectivity index (χ3v) is 1.51. The highest BCUT2D eigenvalue weighted by Gasteiger charge is 2.46. The maximum absolute atomic E-state index is 5.46. The van der Waals surface area contributed by atoms with E-state index in [9.17, 15) is 0 Å². The van der Waals surface area contributed by atoms with E-state index in [0.717, 1.165) is 0 Å². The predicted octanol–water partition coefficient (Wildman–Crippen LogP) is 1.36. The van der Waals surface area contributed by atoms with Gasteiger partial charge in [-0.15, -0.1) is 0 Å². The van der Waals surface area contributed by atoms with Crippen LogP contribution in [0.5, 0.6) is 0 Å². The number of halogens is 1. The summed E-state index contributed by atoms with van der Waals surface area (Å²) in [6, 6.07) is 0. The normalized spacial score (nSPS) is 39.5. The van der Waals surface area contributed by atoms with Gasteiger partial charge in [0, 0.05) is 0 Å². The van der Waals surface area contributed by atoms with Gasteiger partial charge in [0.25, 0.3) is 0 Å². The first-order chi connectivity index (χ1) is 2.63. The van der Waals surface area contributed by atoms with Gasteiger partial charge >= 0.3 is 0 Å². The third-order valence-electron chi connectivity index (χ3n) is 0.897. The predicted molar refractivity (Wildman–Crippen MR) is 24.8 cm³/mol. The standard InChI is InChI=1S/C4H7ClO/c1-4(2)3(5)6-4/h3H,1-2H3. The lowest BCUT2D eigenvalue weighted by atomic mass is 10.3. The zero-order chi connectivity index (χ0) is 4.78. The maximum atomic E-state index is 5.46. The van der Waals surface area contributed by atoms with E-state index in [1.807, 2.05) is 13.8 Å². The number of epoxide rings is 1. The van der Waals surface area contributed by atoms with Crippen molar-refractivity contribution in [2.45, 2.75) is 25.0 Å². The van der Waals surface area contributed by atoms with Crippen molar-refractivity contribution in [1.29, 1.82) is 0 Å². The second kappa shape index (κ2) is 0.903. The molecular formula is C4H7ClO.